The number of amides is 1. The summed E-state index contributed by atoms with van der Waals surface area (Å²) < 4.78 is 5.09. The molecule has 0 N–H and O–H groups in total. The van der Waals surface area contributed by atoms with Crippen LogP contribution in [0.5, 0.6) is 0 Å². The number of esters is 1. The highest BCUT2D eigenvalue weighted by atomic mass is 35.5. The topological polar surface area (TPSA) is 62.2 Å². The van der Waals surface area contributed by atoms with Crippen LogP contribution in [0.2, 0.25) is 5.02 Å². The van der Waals surface area contributed by atoms with Crippen LogP contribution in [0.1, 0.15) is 44.7 Å². The molecule has 1 saturated heterocycles. The maximum Gasteiger partial charge on any atom is 0.338 e. The Morgan fingerprint density at radius 1 is 1.23 bits per heavy atom. The van der Waals surface area contributed by atoms with Crippen LogP contribution >= 0.6 is 23.4 Å². The lowest BCUT2D eigenvalue weighted by Gasteiger charge is -2.37. The minimum atomic E-state index is -0.423. The number of ether oxygens (including phenoxy) is 1. The number of likely N-dealkylation sites (tertiary alicyclic amines) is 1. The average molecular weight is 460 g/mol. The molecule has 1 fully saturated rings. The number of hydrogen-bond donors (Lipinski definition) is 0. The predicted molar refractivity (Wildman–Crippen MR) is 123 cm³/mol. The monoisotopic (exact) mass is 459 g/mol. The second-order valence-electron chi connectivity index (χ2n) is 8.18. The van der Waals surface area contributed by atoms with Gasteiger partial charge < -0.3 is 14.5 Å². The van der Waals surface area contributed by atoms with Crippen LogP contribution in [0.4, 0.5) is 0 Å². The summed E-state index contributed by atoms with van der Waals surface area (Å²) in [6.45, 7) is 5.65. The summed E-state index contributed by atoms with van der Waals surface area (Å²) >= 11 is 7.58. The van der Waals surface area contributed by atoms with Gasteiger partial charge in [0.2, 0.25) is 5.91 Å². The maximum atomic E-state index is 13.0. The van der Waals surface area contributed by atoms with Gasteiger partial charge in [0.05, 0.1) is 30.8 Å². The molecule has 0 aliphatic carbocycles. The smallest absolute Gasteiger partial charge is 0.338 e. The number of nitrogens with zero attached hydrogens (tertiary/aromatic N) is 3. The molecule has 1 aromatic rings. The minimum absolute atomic E-state index is 0.112. The zero-order chi connectivity index (χ0) is 22.1. The van der Waals surface area contributed by atoms with Crippen molar-refractivity contribution in [2.45, 2.75) is 39.2 Å². The molecule has 0 saturated carbocycles. The Bertz CT molecular complexity index is 978. The molecule has 4 rings (SSSR count). The van der Waals surface area contributed by atoms with E-state index in [2.05, 4.69) is 11.9 Å². The molecule has 1 aromatic carbocycles. The van der Waals surface area contributed by atoms with Crippen molar-refractivity contribution in [3.05, 3.63) is 57.2 Å². The van der Waals surface area contributed by atoms with Gasteiger partial charge in [0, 0.05) is 23.8 Å². The van der Waals surface area contributed by atoms with Gasteiger partial charge in [-0.3, -0.25) is 4.79 Å². The summed E-state index contributed by atoms with van der Waals surface area (Å²) in [4.78, 5) is 34.4. The molecule has 8 heteroatoms. The van der Waals surface area contributed by atoms with Gasteiger partial charge in [-0.1, -0.05) is 42.4 Å². The molecule has 3 aliphatic heterocycles. The average Bonchev–Trinajstić information content (AvgIpc) is 3.15. The van der Waals surface area contributed by atoms with Crippen molar-refractivity contribution in [2.24, 2.45) is 10.9 Å². The van der Waals surface area contributed by atoms with Crippen molar-refractivity contribution in [1.82, 2.24) is 9.80 Å². The number of carbonyl (C=O) groups is 2. The fourth-order valence-corrected chi connectivity index (χ4v) is 5.32. The van der Waals surface area contributed by atoms with Crippen molar-refractivity contribution < 1.29 is 14.3 Å². The van der Waals surface area contributed by atoms with Crippen molar-refractivity contribution in [1.29, 1.82) is 0 Å². The molecule has 3 aliphatic rings. The molecule has 3 heterocycles. The van der Waals surface area contributed by atoms with Crippen LogP contribution in [-0.2, 0) is 14.3 Å². The van der Waals surface area contributed by atoms with Crippen LogP contribution in [0.15, 0.2) is 51.6 Å². The standard InChI is InChI=1S/C23H26ClN3O3S/c1-14-8-10-26(11-9-14)19(28)12-18-13-31-23-25-15(2)20(22(29)30-3)21(27(18)23)16-4-6-17(24)7-5-16/h4-7,13-14,21H,8-12H2,1-3H3. The Morgan fingerprint density at radius 3 is 2.55 bits per heavy atom. The first kappa shape index (κ1) is 22.0. The fourth-order valence-electron chi connectivity index (χ4n) is 4.23. The zero-order valence-electron chi connectivity index (χ0n) is 17.9. The molecule has 1 atom stereocenters. The summed E-state index contributed by atoms with van der Waals surface area (Å²) in [5, 5.41) is 3.36. The summed E-state index contributed by atoms with van der Waals surface area (Å²) in [6.07, 6.45) is 2.35. The number of methoxy groups -OCH3 is 1. The largest absolute Gasteiger partial charge is 0.466 e. The van der Waals surface area contributed by atoms with Gasteiger partial charge in [-0.25, -0.2) is 9.79 Å². The molecule has 6 nitrogen and oxygen atoms in total. The third kappa shape index (κ3) is 4.39. The first-order valence-corrected chi connectivity index (χ1v) is 11.7. The molecule has 164 valence electrons. The van der Waals surface area contributed by atoms with Gasteiger partial charge in [0.15, 0.2) is 5.17 Å². The Morgan fingerprint density at radius 2 is 1.90 bits per heavy atom. The summed E-state index contributed by atoms with van der Waals surface area (Å²) in [6, 6.07) is 6.99. The zero-order valence-corrected chi connectivity index (χ0v) is 19.5. The van der Waals surface area contributed by atoms with Gasteiger partial charge in [-0.15, -0.1) is 0 Å². The quantitative estimate of drug-likeness (QED) is 0.609. The SMILES string of the molecule is COC(=O)C1=C(C)N=C2SC=C(CC(=O)N3CCC(C)CC3)N2C1c1ccc(Cl)cc1. The van der Waals surface area contributed by atoms with E-state index >= 15 is 0 Å². The van der Waals surface area contributed by atoms with Crippen LogP contribution in [0.25, 0.3) is 0 Å². The molecule has 0 spiro atoms. The number of fused-ring (bicyclic) bond motifs is 1. The number of amidine groups is 1. The van der Waals surface area contributed by atoms with E-state index in [9.17, 15) is 9.59 Å². The van der Waals surface area contributed by atoms with Gasteiger partial charge in [0.1, 0.15) is 0 Å². The first-order valence-electron chi connectivity index (χ1n) is 10.4. The molecule has 0 bridgehead atoms. The normalized spacial score (nSPS) is 21.6. The number of piperidine rings is 1. The number of halogens is 1. The number of aliphatic imine (C=N–C) groups is 1. The summed E-state index contributed by atoms with van der Waals surface area (Å²) in [7, 11) is 1.37. The number of carbonyl (C=O) groups excluding carboxylic acids is 2. The van der Waals surface area contributed by atoms with E-state index in [4.69, 9.17) is 16.3 Å². The van der Waals surface area contributed by atoms with Gasteiger partial charge in [-0.05, 0) is 48.8 Å². The Labute approximate surface area is 192 Å². The number of hydrogen-bond acceptors (Lipinski definition) is 6. The fraction of sp³-hybridized carbons (Fsp3) is 0.435. The van der Waals surface area contributed by atoms with Gasteiger partial charge in [0.25, 0.3) is 0 Å². The van der Waals surface area contributed by atoms with E-state index in [-0.39, 0.29) is 12.3 Å². The third-order valence-corrected chi connectivity index (χ3v) is 7.20. The van der Waals surface area contributed by atoms with Crippen LogP contribution < -0.4 is 0 Å². The van der Waals surface area contributed by atoms with E-state index in [0.717, 1.165) is 42.4 Å². The summed E-state index contributed by atoms with van der Waals surface area (Å²) in [5.74, 6) is 0.352. The van der Waals surface area contributed by atoms with Crippen LogP contribution in [0, 0.1) is 5.92 Å². The Balaban J connectivity index is 1.65. The molecule has 1 amide bonds. The van der Waals surface area contributed by atoms with Crippen molar-refractivity contribution in [2.75, 3.05) is 20.2 Å². The number of allylic oxidation sites excluding steroid dienone is 1. The van der Waals surface area contributed by atoms with E-state index in [0.29, 0.717) is 22.2 Å². The molecular weight excluding hydrogens is 434 g/mol. The van der Waals surface area contributed by atoms with Crippen molar-refractivity contribution in [3.8, 4) is 0 Å². The lowest BCUT2D eigenvalue weighted by Crippen LogP contribution is -2.41. The Hall–Kier alpha value is -2.25. The second-order valence-corrected chi connectivity index (χ2v) is 9.45. The number of benzene rings is 1. The van der Waals surface area contributed by atoms with E-state index in [1.807, 2.05) is 34.3 Å². The molecule has 1 unspecified atom stereocenters. The molecule has 0 aromatic heterocycles. The first-order chi connectivity index (χ1) is 14.9. The Kier molecular flexibility index (Phi) is 6.44. The van der Waals surface area contributed by atoms with Crippen LogP contribution in [-0.4, -0.2) is 47.0 Å². The van der Waals surface area contributed by atoms with E-state index in [1.165, 1.54) is 18.9 Å². The van der Waals surface area contributed by atoms with Crippen molar-refractivity contribution in [3.63, 3.8) is 0 Å². The van der Waals surface area contributed by atoms with Gasteiger partial charge in [-0.2, -0.15) is 0 Å². The summed E-state index contributed by atoms with van der Waals surface area (Å²) in [5.41, 5.74) is 2.84. The molecule has 0 radical (unpaired) electrons. The predicted octanol–water partition coefficient (Wildman–Crippen LogP) is 4.74. The highest BCUT2D eigenvalue weighted by Gasteiger charge is 2.41. The van der Waals surface area contributed by atoms with E-state index < -0.39 is 12.0 Å². The lowest BCUT2D eigenvalue weighted by atomic mass is 9.93. The lowest BCUT2D eigenvalue weighted by molar-refractivity contribution is -0.136. The molecular formula is C23H26ClN3O3S. The second kappa shape index (κ2) is 9.09. The van der Waals surface area contributed by atoms with Gasteiger partial charge >= 0.3 is 5.97 Å². The minimum Gasteiger partial charge on any atom is -0.466 e. The number of rotatable bonds is 4. The molecule has 31 heavy (non-hydrogen) atoms. The maximum absolute atomic E-state index is 13.0. The highest BCUT2D eigenvalue weighted by molar-refractivity contribution is 8.16. The van der Waals surface area contributed by atoms with Crippen molar-refractivity contribution >= 4 is 40.4 Å². The highest BCUT2D eigenvalue weighted by Crippen LogP contribution is 2.45. The van der Waals surface area contributed by atoms with Crippen LogP contribution in [0.3, 0.4) is 0 Å². The third-order valence-electron chi connectivity index (χ3n) is 6.06. The number of thioether (sulfide) groups is 1. The van der Waals surface area contributed by atoms with E-state index in [1.54, 1.807) is 12.1 Å².